The lowest BCUT2D eigenvalue weighted by Gasteiger charge is -2.16. The van der Waals surface area contributed by atoms with Crippen LogP contribution < -0.4 is 0 Å². The van der Waals surface area contributed by atoms with Gasteiger partial charge in [0, 0.05) is 19.8 Å². The third-order valence-corrected chi connectivity index (χ3v) is 1.83. The number of carbonyl (C=O) groups excluding carboxylic acids is 1. The SMILES string of the molecule is CCOC(OC)C1=CC(=O)O/C1=C/CO. The predicted octanol–water partition coefficient (Wildman–Crippen LogP) is 0.355. The summed E-state index contributed by atoms with van der Waals surface area (Å²) in [5, 5.41) is 8.74. The Labute approximate surface area is 87.9 Å². The van der Waals surface area contributed by atoms with Gasteiger partial charge in [0.25, 0.3) is 0 Å². The highest BCUT2D eigenvalue weighted by atomic mass is 16.7. The summed E-state index contributed by atoms with van der Waals surface area (Å²) in [6.45, 7) is 2.07. The van der Waals surface area contributed by atoms with Crippen LogP contribution in [0.25, 0.3) is 0 Å². The van der Waals surface area contributed by atoms with Crippen molar-refractivity contribution in [3.8, 4) is 0 Å². The van der Waals surface area contributed by atoms with Crippen LogP contribution in [-0.4, -0.2) is 37.7 Å². The third kappa shape index (κ3) is 2.89. The van der Waals surface area contributed by atoms with E-state index in [0.29, 0.717) is 17.9 Å². The normalized spacial score (nSPS) is 20.3. The Hall–Kier alpha value is -1.17. The first kappa shape index (κ1) is 11.9. The van der Waals surface area contributed by atoms with Gasteiger partial charge in [-0.25, -0.2) is 4.79 Å². The Bertz CT molecular complexity index is 292. The van der Waals surface area contributed by atoms with Crippen LogP contribution in [0.2, 0.25) is 0 Å². The van der Waals surface area contributed by atoms with Crippen LogP contribution in [0.15, 0.2) is 23.5 Å². The number of esters is 1. The van der Waals surface area contributed by atoms with Crippen molar-refractivity contribution in [1.29, 1.82) is 0 Å². The second-order valence-corrected chi connectivity index (χ2v) is 2.79. The van der Waals surface area contributed by atoms with Gasteiger partial charge >= 0.3 is 5.97 Å². The molecule has 0 radical (unpaired) electrons. The van der Waals surface area contributed by atoms with Crippen LogP contribution >= 0.6 is 0 Å². The number of hydrogen-bond donors (Lipinski definition) is 1. The average molecular weight is 214 g/mol. The number of aliphatic hydroxyl groups is 1. The summed E-state index contributed by atoms with van der Waals surface area (Å²) >= 11 is 0. The van der Waals surface area contributed by atoms with Gasteiger partial charge in [0.05, 0.1) is 12.2 Å². The molecule has 1 unspecified atom stereocenters. The Morgan fingerprint density at radius 3 is 2.93 bits per heavy atom. The van der Waals surface area contributed by atoms with Crippen molar-refractivity contribution in [2.75, 3.05) is 20.3 Å². The van der Waals surface area contributed by atoms with Gasteiger partial charge in [-0.05, 0) is 13.0 Å². The molecular formula is C10H14O5. The number of cyclic esters (lactones) is 1. The van der Waals surface area contributed by atoms with E-state index < -0.39 is 12.3 Å². The van der Waals surface area contributed by atoms with E-state index in [-0.39, 0.29) is 6.61 Å². The first-order valence-corrected chi connectivity index (χ1v) is 4.62. The van der Waals surface area contributed by atoms with E-state index in [2.05, 4.69) is 0 Å². The number of methoxy groups -OCH3 is 1. The van der Waals surface area contributed by atoms with Gasteiger partial charge in [-0.3, -0.25) is 0 Å². The number of hydrogen-bond acceptors (Lipinski definition) is 5. The first-order valence-electron chi connectivity index (χ1n) is 4.62. The summed E-state index contributed by atoms with van der Waals surface area (Å²) in [6, 6.07) is 0. The molecule has 1 N–H and O–H groups in total. The molecule has 0 saturated heterocycles. The van der Waals surface area contributed by atoms with Gasteiger partial charge in [-0.2, -0.15) is 0 Å². The summed E-state index contributed by atoms with van der Waals surface area (Å²) in [5.41, 5.74) is 0.499. The summed E-state index contributed by atoms with van der Waals surface area (Å²) in [5.74, 6) is -0.186. The predicted molar refractivity (Wildman–Crippen MR) is 51.8 cm³/mol. The van der Waals surface area contributed by atoms with Gasteiger partial charge < -0.3 is 19.3 Å². The Morgan fingerprint density at radius 2 is 2.40 bits per heavy atom. The lowest BCUT2D eigenvalue weighted by Crippen LogP contribution is -2.18. The van der Waals surface area contributed by atoms with E-state index in [0.717, 1.165) is 0 Å². The van der Waals surface area contributed by atoms with Crippen LogP contribution in [-0.2, 0) is 19.0 Å². The average Bonchev–Trinajstić information content (AvgIpc) is 2.56. The number of rotatable bonds is 5. The molecule has 0 aromatic carbocycles. The second-order valence-electron chi connectivity index (χ2n) is 2.79. The van der Waals surface area contributed by atoms with E-state index in [9.17, 15) is 4.79 Å². The van der Waals surface area contributed by atoms with Crippen LogP contribution in [0, 0.1) is 0 Å². The van der Waals surface area contributed by atoms with Crippen LogP contribution in [0.4, 0.5) is 0 Å². The topological polar surface area (TPSA) is 65.0 Å². The summed E-state index contributed by atoms with van der Waals surface area (Å²) in [7, 11) is 1.47. The van der Waals surface area contributed by atoms with E-state index >= 15 is 0 Å². The van der Waals surface area contributed by atoms with E-state index in [4.69, 9.17) is 19.3 Å². The van der Waals surface area contributed by atoms with Crippen molar-refractivity contribution in [2.45, 2.75) is 13.2 Å². The van der Waals surface area contributed by atoms with Crippen LogP contribution in [0.3, 0.4) is 0 Å². The largest absolute Gasteiger partial charge is 0.423 e. The van der Waals surface area contributed by atoms with Gasteiger partial charge in [0.1, 0.15) is 5.76 Å². The smallest absolute Gasteiger partial charge is 0.336 e. The Balaban J connectivity index is 2.84. The molecule has 1 heterocycles. The van der Waals surface area contributed by atoms with Gasteiger partial charge in [-0.15, -0.1) is 0 Å². The lowest BCUT2D eigenvalue weighted by atomic mass is 10.2. The van der Waals surface area contributed by atoms with E-state index in [1.807, 2.05) is 6.92 Å². The van der Waals surface area contributed by atoms with Crippen molar-refractivity contribution >= 4 is 5.97 Å². The Kier molecular flexibility index (Phi) is 4.48. The molecule has 15 heavy (non-hydrogen) atoms. The standard InChI is InChI=1S/C10H14O5/c1-3-14-10(13-2)7-6-9(12)15-8(7)4-5-11/h4,6,10-11H,3,5H2,1-2H3/b8-4+. The van der Waals surface area contributed by atoms with E-state index in [1.54, 1.807) is 0 Å². The Morgan fingerprint density at radius 1 is 1.67 bits per heavy atom. The maximum absolute atomic E-state index is 11.0. The van der Waals surface area contributed by atoms with Crippen molar-refractivity contribution in [3.63, 3.8) is 0 Å². The van der Waals surface area contributed by atoms with Crippen molar-refractivity contribution in [2.24, 2.45) is 0 Å². The van der Waals surface area contributed by atoms with Crippen molar-refractivity contribution in [1.82, 2.24) is 0 Å². The zero-order valence-electron chi connectivity index (χ0n) is 8.73. The lowest BCUT2D eigenvalue weighted by molar-refractivity contribution is -0.132. The molecular weight excluding hydrogens is 200 g/mol. The zero-order chi connectivity index (χ0) is 11.3. The summed E-state index contributed by atoms with van der Waals surface area (Å²) < 4.78 is 15.2. The number of aliphatic hydroxyl groups excluding tert-OH is 1. The molecule has 0 aromatic rings. The quantitative estimate of drug-likeness (QED) is 0.528. The molecule has 1 atom stereocenters. The first-order chi connectivity index (χ1) is 7.22. The minimum Gasteiger partial charge on any atom is -0.423 e. The van der Waals surface area contributed by atoms with Crippen molar-refractivity contribution in [3.05, 3.63) is 23.5 Å². The minimum absolute atomic E-state index is 0.206. The second kappa shape index (κ2) is 5.65. The third-order valence-electron chi connectivity index (χ3n) is 1.83. The number of carbonyl (C=O) groups is 1. The molecule has 0 amide bonds. The van der Waals surface area contributed by atoms with Gasteiger partial charge in [-0.1, -0.05) is 0 Å². The fraction of sp³-hybridized carbons (Fsp3) is 0.500. The molecule has 0 aliphatic carbocycles. The molecule has 0 aromatic heterocycles. The summed E-state index contributed by atoms with van der Waals surface area (Å²) in [6.07, 6.45) is 2.05. The highest BCUT2D eigenvalue weighted by Gasteiger charge is 2.27. The monoisotopic (exact) mass is 214 g/mol. The molecule has 5 heteroatoms. The maximum atomic E-state index is 11.0. The maximum Gasteiger partial charge on any atom is 0.336 e. The fourth-order valence-electron chi connectivity index (χ4n) is 1.26. The summed E-state index contributed by atoms with van der Waals surface area (Å²) in [4.78, 5) is 11.0. The van der Waals surface area contributed by atoms with Crippen LogP contribution in [0.1, 0.15) is 6.92 Å². The highest BCUT2D eigenvalue weighted by Crippen LogP contribution is 2.24. The molecule has 1 rings (SSSR count). The minimum atomic E-state index is -0.640. The molecule has 0 fully saturated rings. The van der Waals surface area contributed by atoms with Gasteiger partial charge in [0.15, 0.2) is 6.29 Å². The molecule has 84 valence electrons. The molecule has 5 nitrogen and oxygen atoms in total. The molecule has 0 bridgehead atoms. The zero-order valence-corrected chi connectivity index (χ0v) is 8.73. The molecule has 0 saturated carbocycles. The van der Waals surface area contributed by atoms with Crippen molar-refractivity contribution < 1.29 is 24.1 Å². The molecule has 1 aliphatic rings. The van der Waals surface area contributed by atoms with E-state index in [1.165, 1.54) is 19.3 Å². The number of ether oxygens (including phenoxy) is 3. The van der Waals surface area contributed by atoms with Gasteiger partial charge in [0.2, 0.25) is 0 Å². The molecule has 0 spiro atoms. The highest BCUT2D eigenvalue weighted by molar-refractivity contribution is 5.88. The molecule has 1 aliphatic heterocycles. The fourth-order valence-corrected chi connectivity index (χ4v) is 1.26. The van der Waals surface area contributed by atoms with Crippen LogP contribution in [0.5, 0.6) is 0 Å².